The Morgan fingerprint density at radius 1 is 0.968 bits per heavy atom. The molecule has 0 aliphatic heterocycles. The molecule has 0 N–H and O–H groups in total. The van der Waals surface area contributed by atoms with Crippen LogP contribution in [0.2, 0.25) is 0 Å². The van der Waals surface area contributed by atoms with Gasteiger partial charge in [-0.2, -0.15) is 0 Å². The van der Waals surface area contributed by atoms with Crippen LogP contribution in [0, 0.1) is 6.92 Å². The van der Waals surface area contributed by atoms with E-state index in [2.05, 4.69) is 20.9 Å². The van der Waals surface area contributed by atoms with E-state index in [0.717, 1.165) is 27.0 Å². The molecule has 1 heterocycles. The molecule has 0 aliphatic rings. The molecule has 0 aliphatic carbocycles. The number of aromatic nitrogens is 2. The van der Waals surface area contributed by atoms with Gasteiger partial charge in [0.25, 0.3) is 5.56 Å². The second kappa shape index (κ2) is 9.18. The zero-order valence-corrected chi connectivity index (χ0v) is 18.9. The van der Waals surface area contributed by atoms with Gasteiger partial charge in [-0.25, -0.2) is 9.67 Å². The van der Waals surface area contributed by atoms with Crippen molar-refractivity contribution < 1.29 is 4.74 Å². The van der Waals surface area contributed by atoms with Crippen molar-refractivity contribution in [2.45, 2.75) is 13.5 Å². The Morgan fingerprint density at radius 3 is 2.39 bits per heavy atom. The number of hydrogen-bond acceptors (Lipinski definition) is 3. The molecule has 0 radical (unpaired) electrons. The number of hydrogen-bond donors (Lipinski definition) is 0. The summed E-state index contributed by atoms with van der Waals surface area (Å²) in [6.07, 6.45) is 1.69. The van der Waals surface area contributed by atoms with Crippen LogP contribution in [0.4, 0.5) is 5.69 Å². The second-order valence-corrected chi connectivity index (χ2v) is 8.04. The fourth-order valence-corrected chi connectivity index (χ4v) is 3.56. The molecule has 0 fully saturated rings. The maximum atomic E-state index is 13.0. The van der Waals surface area contributed by atoms with E-state index in [4.69, 9.17) is 4.74 Å². The van der Waals surface area contributed by atoms with Gasteiger partial charge in [-0.3, -0.25) is 9.48 Å². The summed E-state index contributed by atoms with van der Waals surface area (Å²) in [5.74, 6) is 0.714. The molecule has 0 amide bonds. The van der Waals surface area contributed by atoms with Crippen LogP contribution in [0.25, 0.3) is 5.69 Å². The maximum absolute atomic E-state index is 13.0. The van der Waals surface area contributed by atoms with Gasteiger partial charge in [-0.05, 0) is 48.9 Å². The van der Waals surface area contributed by atoms with Crippen LogP contribution in [0.5, 0.6) is 5.75 Å². The van der Waals surface area contributed by atoms with E-state index in [1.165, 1.54) is 0 Å². The number of para-hydroxylation sites is 2. The van der Waals surface area contributed by atoms with Gasteiger partial charge in [0.05, 0.1) is 11.4 Å². The van der Waals surface area contributed by atoms with Crippen LogP contribution >= 0.6 is 15.9 Å². The molecule has 0 saturated carbocycles. The lowest BCUT2D eigenvalue weighted by molar-refractivity contribution is 0.306. The Hall–Kier alpha value is -3.38. The molecular weight excluding hydrogens is 454 g/mol. The summed E-state index contributed by atoms with van der Waals surface area (Å²) in [6, 6.07) is 25.2. The third-order valence-electron chi connectivity index (χ3n) is 5.08. The predicted molar refractivity (Wildman–Crippen MR) is 128 cm³/mol. The summed E-state index contributed by atoms with van der Waals surface area (Å²) >= 11 is 3.44. The first-order valence-electron chi connectivity index (χ1n) is 9.89. The SMILES string of the molecule is Cc1c(N=Cc2ccccc2OCc2ccc(Br)cc2)c(=O)n(-c2ccccc2)n1C. The summed E-state index contributed by atoms with van der Waals surface area (Å²) in [5, 5.41) is 0. The highest BCUT2D eigenvalue weighted by molar-refractivity contribution is 9.10. The first kappa shape index (κ1) is 20.9. The largest absolute Gasteiger partial charge is 0.488 e. The number of rotatable bonds is 6. The molecule has 0 bridgehead atoms. The summed E-state index contributed by atoms with van der Waals surface area (Å²) in [5.41, 5.74) is 3.73. The average molecular weight is 476 g/mol. The van der Waals surface area contributed by atoms with Crippen LogP contribution in [0.15, 0.2) is 93.1 Å². The highest BCUT2D eigenvalue weighted by Gasteiger charge is 2.15. The first-order chi connectivity index (χ1) is 15.0. The molecule has 6 heteroatoms. The van der Waals surface area contributed by atoms with Gasteiger partial charge in [-0.15, -0.1) is 0 Å². The second-order valence-electron chi connectivity index (χ2n) is 7.12. The Morgan fingerprint density at radius 2 is 1.65 bits per heavy atom. The third-order valence-corrected chi connectivity index (χ3v) is 5.61. The molecule has 4 rings (SSSR count). The molecule has 0 atom stereocenters. The Bertz CT molecular complexity index is 1270. The summed E-state index contributed by atoms with van der Waals surface area (Å²) < 4.78 is 10.5. The fourth-order valence-electron chi connectivity index (χ4n) is 3.30. The van der Waals surface area contributed by atoms with Crippen LogP contribution < -0.4 is 10.3 Å². The molecule has 0 saturated heterocycles. The first-order valence-corrected chi connectivity index (χ1v) is 10.7. The van der Waals surface area contributed by atoms with Gasteiger partial charge < -0.3 is 4.74 Å². The van der Waals surface area contributed by atoms with E-state index in [0.29, 0.717) is 18.0 Å². The van der Waals surface area contributed by atoms with E-state index < -0.39 is 0 Å². The minimum Gasteiger partial charge on any atom is -0.488 e. The number of ether oxygens (including phenoxy) is 1. The standard InChI is InChI=1S/C25H22BrN3O2/c1-18-24(25(30)29(28(18)2)22-9-4-3-5-10-22)27-16-20-8-6-7-11-23(20)31-17-19-12-14-21(26)15-13-19/h3-16H,17H2,1-2H3. The molecule has 5 nitrogen and oxygen atoms in total. The van der Waals surface area contributed by atoms with E-state index in [-0.39, 0.29) is 5.56 Å². The van der Waals surface area contributed by atoms with Crippen LogP contribution in [0.1, 0.15) is 16.8 Å². The van der Waals surface area contributed by atoms with Crippen molar-refractivity contribution in [2.24, 2.45) is 12.0 Å². The minimum atomic E-state index is -0.157. The van der Waals surface area contributed by atoms with Crippen molar-refractivity contribution >= 4 is 27.8 Å². The lowest BCUT2D eigenvalue weighted by Crippen LogP contribution is -2.19. The Balaban J connectivity index is 1.61. The minimum absolute atomic E-state index is 0.157. The number of nitrogens with zero attached hydrogens (tertiary/aromatic N) is 3. The molecule has 4 aromatic rings. The quantitative estimate of drug-likeness (QED) is 0.342. The molecule has 1 aromatic heterocycles. The fraction of sp³-hybridized carbons (Fsp3) is 0.120. The highest BCUT2D eigenvalue weighted by Crippen LogP contribution is 2.21. The maximum Gasteiger partial charge on any atom is 0.297 e. The van der Waals surface area contributed by atoms with Crippen molar-refractivity contribution in [3.8, 4) is 11.4 Å². The van der Waals surface area contributed by atoms with Gasteiger partial charge in [0.15, 0.2) is 5.69 Å². The summed E-state index contributed by atoms with van der Waals surface area (Å²) in [4.78, 5) is 17.6. The highest BCUT2D eigenvalue weighted by atomic mass is 79.9. The Kier molecular flexibility index (Phi) is 6.18. The molecule has 156 valence electrons. The molecule has 0 spiro atoms. The molecule has 0 unspecified atom stereocenters. The van der Waals surface area contributed by atoms with Crippen LogP contribution in [0.3, 0.4) is 0 Å². The van der Waals surface area contributed by atoms with Crippen molar-refractivity contribution in [2.75, 3.05) is 0 Å². The van der Waals surface area contributed by atoms with Crippen molar-refractivity contribution in [1.29, 1.82) is 0 Å². The summed E-state index contributed by atoms with van der Waals surface area (Å²) in [7, 11) is 1.86. The van der Waals surface area contributed by atoms with E-state index in [9.17, 15) is 4.79 Å². The zero-order valence-electron chi connectivity index (χ0n) is 17.3. The normalized spacial score (nSPS) is 11.2. The average Bonchev–Trinajstić information content (AvgIpc) is 3.01. The van der Waals surface area contributed by atoms with Gasteiger partial charge in [0, 0.05) is 23.3 Å². The number of benzene rings is 3. The topological polar surface area (TPSA) is 48.5 Å². The van der Waals surface area contributed by atoms with Crippen molar-refractivity contribution in [3.05, 3.63) is 111 Å². The van der Waals surface area contributed by atoms with Gasteiger partial charge in [-0.1, -0.05) is 58.4 Å². The van der Waals surface area contributed by atoms with Gasteiger partial charge >= 0.3 is 0 Å². The predicted octanol–water partition coefficient (Wildman–Crippen LogP) is 5.58. The molecular formula is C25H22BrN3O2. The number of halogens is 1. The van der Waals surface area contributed by atoms with Gasteiger partial charge in [0.1, 0.15) is 12.4 Å². The van der Waals surface area contributed by atoms with Crippen molar-refractivity contribution in [1.82, 2.24) is 9.36 Å². The van der Waals surface area contributed by atoms with Crippen LogP contribution in [-0.4, -0.2) is 15.6 Å². The lowest BCUT2D eigenvalue weighted by atomic mass is 10.2. The molecule has 3 aromatic carbocycles. The molecule has 31 heavy (non-hydrogen) atoms. The zero-order chi connectivity index (χ0) is 21.8. The lowest BCUT2D eigenvalue weighted by Gasteiger charge is -2.09. The van der Waals surface area contributed by atoms with Gasteiger partial charge in [0.2, 0.25) is 0 Å². The van der Waals surface area contributed by atoms with Crippen molar-refractivity contribution in [3.63, 3.8) is 0 Å². The number of aliphatic imine (C=N–C) groups is 1. The van der Waals surface area contributed by atoms with E-state index >= 15 is 0 Å². The van der Waals surface area contributed by atoms with E-state index in [1.807, 2.05) is 97.5 Å². The monoisotopic (exact) mass is 475 g/mol. The van der Waals surface area contributed by atoms with E-state index in [1.54, 1.807) is 10.9 Å². The third kappa shape index (κ3) is 4.54. The Labute approximate surface area is 189 Å². The summed E-state index contributed by atoms with van der Waals surface area (Å²) in [6.45, 7) is 2.34. The van der Waals surface area contributed by atoms with Crippen LogP contribution in [-0.2, 0) is 13.7 Å². The smallest absolute Gasteiger partial charge is 0.297 e.